The number of thioether (sulfide) groups is 2. The fraction of sp³-hybridized carbons (Fsp3) is 0.354. The topological polar surface area (TPSA) is 217 Å². The zero-order valence-corrected chi connectivity index (χ0v) is 38.3. The molecule has 2 N–H and O–H groups in total. The number of carbonyl (C=O) groups excluding carboxylic acids is 3. The van der Waals surface area contributed by atoms with Crippen LogP contribution in [0.1, 0.15) is 66.1 Å². The number of fused-ring (bicyclic) bond motifs is 10. The van der Waals surface area contributed by atoms with Gasteiger partial charge in [-0.1, -0.05) is 13.8 Å². The lowest BCUT2D eigenvalue weighted by Gasteiger charge is -2.35. The average Bonchev–Trinajstić information content (AvgIpc) is 3.87. The van der Waals surface area contributed by atoms with Crippen LogP contribution in [0.4, 0.5) is 4.79 Å². The fourth-order valence-corrected chi connectivity index (χ4v) is 11.3. The maximum Gasteiger partial charge on any atom is 0.509 e. The molecule has 4 aliphatic rings. The lowest BCUT2D eigenvalue weighted by atomic mass is 9.85. The third-order valence-corrected chi connectivity index (χ3v) is 15.1. The number of pyridine rings is 4. The van der Waals surface area contributed by atoms with Crippen LogP contribution in [0.3, 0.4) is 0 Å². The number of aromatic nitrogens is 4. The predicted molar refractivity (Wildman–Crippen MR) is 247 cm³/mol. The number of hydrogen-bond acceptors (Lipinski definition) is 17. The third kappa shape index (κ3) is 7.48. The van der Waals surface area contributed by atoms with Gasteiger partial charge in [0.2, 0.25) is 5.60 Å². The van der Waals surface area contributed by atoms with Crippen molar-refractivity contribution in [2.75, 3.05) is 36.6 Å². The van der Waals surface area contributed by atoms with Gasteiger partial charge in [-0.25, -0.2) is 24.4 Å². The molecule has 4 aromatic heterocycles. The van der Waals surface area contributed by atoms with Crippen molar-refractivity contribution < 1.29 is 53.0 Å². The highest BCUT2D eigenvalue weighted by atomic mass is 32.2. The van der Waals surface area contributed by atoms with E-state index >= 15 is 0 Å². The summed E-state index contributed by atoms with van der Waals surface area (Å²) in [4.78, 5) is 77.2. The number of aryl methyl sites for hydroxylation is 1. The Hall–Kier alpha value is -6.41. The summed E-state index contributed by atoms with van der Waals surface area (Å²) >= 11 is 3.09. The number of cyclic esters (lactones) is 2. The molecule has 10 rings (SSSR count). The van der Waals surface area contributed by atoms with Crippen molar-refractivity contribution in [3.05, 3.63) is 114 Å². The lowest BCUT2D eigenvalue weighted by Crippen LogP contribution is -2.47. The van der Waals surface area contributed by atoms with Crippen molar-refractivity contribution in [2.45, 2.75) is 71.1 Å². The largest absolute Gasteiger partial charge is 0.509 e. The summed E-state index contributed by atoms with van der Waals surface area (Å²) in [6.45, 7) is 5.38. The zero-order chi connectivity index (χ0) is 46.8. The number of ether oxygens (including phenoxy) is 6. The van der Waals surface area contributed by atoms with Gasteiger partial charge >= 0.3 is 18.1 Å². The van der Waals surface area contributed by atoms with Crippen LogP contribution in [0.2, 0.25) is 0 Å². The van der Waals surface area contributed by atoms with Crippen molar-refractivity contribution in [2.24, 2.45) is 0 Å². The first-order valence-corrected chi connectivity index (χ1v) is 24.1. The molecular formula is C48H44N4O13S2. The molecule has 0 unspecified atom stereocenters. The monoisotopic (exact) mass is 948 g/mol. The van der Waals surface area contributed by atoms with Crippen LogP contribution in [-0.2, 0) is 81.9 Å². The zero-order valence-electron chi connectivity index (χ0n) is 36.7. The van der Waals surface area contributed by atoms with E-state index in [9.17, 15) is 34.2 Å². The van der Waals surface area contributed by atoms with Gasteiger partial charge in [-0.3, -0.25) is 9.59 Å². The van der Waals surface area contributed by atoms with Crippen molar-refractivity contribution in [1.29, 1.82) is 0 Å². The predicted octanol–water partition coefficient (Wildman–Crippen LogP) is 6.34. The molecule has 0 spiro atoms. The molecule has 0 amide bonds. The van der Waals surface area contributed by atoms with Crippen LogP contribution in [0.15, 0.2) is 64.2 Å². The van der Waals surface area contributed by atoms with E-state index in [4.69, 9.17) is 38.4 Å². The standard InChI is InChI=1S/C48H44N4O13S2/c1-4-29-30-16-28(54)7-9-37(30)50-41-31(29)20-52-39(41)18-35-33(43(52)56)22-63-45(58)48(35,5-2)65-46(59)61-11-13-67-24-66-12-10-60-23-64-47(3)34-17-38-40-26(14-25-15-27(53)6-8-36(25)49-40)19-51(38)42(55)32(34)21-62-44(47)57/h6-9,14-18,53-54H,4-5,10-13,19-24H2,1-3H3/t47-,48-/m0/s1. The van der Waals surface area contributed by atoms with Crippen LogP contribution >= 0.6 is 23.5 Å². The van der Waals surface area contributed by atoms with E-state index in [1.54, 1.807) is 83.3 Å². The van der Waals surface area contributed by atoms with E-state index in [2.05, 4.69) is 0 Å². The van der Waals surface area contributed by atoms with Gasteiger partial charge in [0, 0.05) is 49.6 Å². The Morgan fingerprint density at radius 1 is 0.776 bits per heavy atom. The van der Waals surface area contributed by atoms with Gasteiger partial charge in [-0.15, -0.1) is 23.5 Å². The number of hydrogen-bond donors (Lipinski definition) is 2. The maximum absolute atomic E-state index is 14.0. The van der Waals surface area contributed by atoms with Gasteiger partial charge in [0.1, 0.15) is 38.1 Å². The first kappa shape index (κ1) is 44.4. The first-order valence-electron chi connectivity index (χ1n) is 21.7. The Morgan fingerprint density at radius 3 is 2.19 bits per heavy atom. The van der Waals surface area contributed by atoms with E-state index in [0.29, 0.717) is 81.1 Å². The number of phenolic OH excluding ortho intramolecular Hbond substituents is 2. The molecule has 6 aromatic rings. The van der Waals surface area contributed by atoms with E-state index in [1.165, 1.54) is 11.8 Å². The molecule has 4 aliphatic heterocycles. The molecule has 67 heavy (non-hydrogen) atoms. The minimum Gasteiger partial charge on any atom is -0.508 e. The molecule has 0 fully saturated rings. The number of rotatable bonds is 14. The smallest absolute Gasteiger partial charge is 0.508 e. The molecule has 8 heterocycles. The Labute approximate surface area is 390 Å². The summed E-state index contributed by atoms with van der Waals surface area (Å²) in [5, 5.41) is 22.3. The van der Waals surface area contributed by atoms with Gasteiger partial charge in [0.05, 0.1) is 64.6 Å². The number of benzene rings is 2. The van der Waals surface area contributed by atoms with Crippen molar-refractivity contribution >= 4 is 63.4 Å². The molecular weight excluding hydrogens is 905 g/mol. The Kier molecular flexibility index (Phi) is 11.5. The molecule has 2 atom stereocenters. The Balaban J connectivity index is 0.711. The highest BCUT2D eigenvalue weighted by Gasteiger charge is 2.51. The fourth-order valence-electron chi connectivity index (χ4n) is 9.43. The first-order chi connectivity index (χ1) is 32.3. The Bertz CT molecular complexity index is 3210. The Morgan fingerprint density at radius 2 is 1.43 bits per heavy atom. The summed E-state index contributed by atoms with van der Waals surface area (Å²) in [6.07, 6.45) is -0.447. The summed E-state index contributed by atoms with van der Waals surface area (Å²) < 4.78 is 37.0. The second-order valence-corrected chi connectivity index (χ2v) is 19.2. The van der Waals surface area contributed by atoms with E-state index in [1.807, 2.05) is 13.0 Å². The molecule has 0 saturated heterocycles. The normalized spacial score (nSPS) is 18.7. The van der Waals surface area contributed by atoms with Crippen LogP contribution in [0.5, 0.6) is 11.5 Å². The molecule has 0 aliphatic carbocycles. The quantitative estimate of drug-likeness (QED) is 0.0526. The summed E-state index contributed by atoms with van der Waals surface area (Å²) in [5.41, 5.74) is 3.23. The van der Waals surface area contributed by atoms with Gasteiger partial charge in [-0.05, 0) is 79.9 Å². The maximum atomic E-state index is 14.0. The highest BCUT2D eigenvalue weighted by Crippen LogP contribution is 2.43. The van der Waals surface area contributed by atoms with Gasteiger partial charge in [-0.2, -0.15) is 0 Å². The lowest BCUT2D eigenvalue weighted by molar-refractivity contribution is -0.194. The third-order valence-electron chi connectivity index (χ3n) is 12.9. The number of nitrogens with zero attached hydrogens (tertiary/aromatic N) is 4. The molecule has 2 aromatic carbocycles. The minimum absolute atomic E-state index is 0.00555. The summed E-state index contributed by atoms with van der Waals surface area (Å²) in [6, 6.07) is 15.2. The highest BCUT2D eigenvalue weighted by molar-refractivity contribution is 8.15. The van der Waals surface area contributed by atoms with Crippen LogP contribution in [0, 0.1) is 0 Å². The average molecular weight is 949 g/mol. The van der Waals surface area contributed by atoms with E-state index in [-0.39, 0.29) is 73.3 Å². The molecule has 0 saturated carbocycles. The van der Waals surface area contributed by atoms with Crippen LogP contribution in [-0.4, -0.2) is 84.0 Å². The number of carbonyl (C=O) groups is 3. The number of aromatic hydroxyl groups is 2. The van der Waals surface area contributed by atoms with Crippen molar-refractivity contribution in [3.63, 3.8) is 0 Å². The second kappa shape index (κ2) is 17.3. The number of phenols is 2. The second-order valence-electron chi connectivity index (χ2n) is 16.6. The van der Waals surface area contributed by atoms with Crippen LogP contribution in [0.25, 0.3) is 44.6 Å². The number of esters is 2. The molecule has 346 valence electrons. The van der Waals surface area contributed by atoms with E-state index in [0.717, 1.165) is 27.5 Å². The molecule has 0 bridgehead atoms. The van der Waals surface area contributed by atoms with Gasteiger partial charge in [0.15, 0.2) is 5.60 Å². The minimum atomic E-state index is -1.91. The molecule has 19 heteroatoms. The summed E-state index contributed by atoms with van der Waals surface area (Å²) in [7, 11) is 0. The SMILES string of the molecule is CCc1c2c(nc3ccc(O)cc13)-c1cc3c(c(=O)n1C2)COC(=O)[C@@]3(CC)OC(=O)OCCSCSCCOCO[C@]1(C)C(=O)OCc2c1cc1n(c2=O)Cc2cc3cc(O)ccc3nc2-1. The molecule has 17 nitrogen and oxygen atoms in total. The van der Waals surface area contributed by atoms with Gasteiger partial charge < -0.3 is 47.8 Å². The summed E-state index contributed by atoms with van der Waals surface area (Å²) in [5.74, 6) is -0.182. The van der Waals surface area contributed by atoms with Crippen molar-refractivity contribution in [3.8, 4) is 34.3 Å². The van der Waals surface area contributed by atoms with Gasteiger partial charge in [0.25, 0.3) is 11.1 Å². The van der Waals surface area contributed by atoms with Crippen molar-refractivity contribution in [1.82, 2.24) is 19.1 Å². The molecule has 0 radical (unpaired) electrons. The van der Waals surface area contributed by atoms with E-state index < -0.39 is 29.3 Å². The van der Waals surface area contributed by atoms with Crippen LogP contribution < -0.4 is 11.1 Å².